The fourth-order valence-electron chi connectivity index (χ4n) is 3.91. The predicted octanol–water partition coefficient (Wildman–Crippen LogP) is 5.54. The van der Waals surface area contributed by atoms with E-state index in [2.05, 4.69) is 23.3 Å². The first-order valence-corrected chi connectivity index (χ1v) is 12.1. The van der Waals surface area contributed by atoms with Gasteiger partial charge in [-0.3, -0.25) is 14.2 Å². The molecular formula is C26H28N4O2S. The number of carbonyl (C=O) groups is 1. The van der Waals surface area contributed by atoms with Crippen LogP contribution >= 0.6 is 11.8 Å². The average molecular weight is 461 g/mol. The molecule has 0 aliphatic rings. The maximum absolute atomic E-state index is 13.3. The molecule has 0 unspecified atom stereocenters. The van der Waals surface area contributed by atoms with E-state index in [9.17, 15) is 9.59 Å². The van der Waals surface area contributed by atoms with Gasteiger partial charge in [0.15, 0.2) is 5.16 Å². The number of nitrogens with one attached hydrogen (secondary N) is 2. The van der Waals surface area contributed by atoms with E-state index < -0.39 is 0 Å². The van der Waals surface area contributed by atoms with E-state index in [-0.39, 0.29) is 17.2 Å². The first kappa shape index (κ1) is 22.9. The maximum Gasteiger partial charge on any atom is 0.278 e. The van der Waals surface area contributed by atoms with Crippen molar-refractivity contribution in [2.45, 2.75) is 45.3 Å². The summed E-state index contributed by atoms with van der Waals surface area (Å²) >= 11 is 1.30. The highest BCUT2D eigenvalue weighted by atomic mass is 32.2. The molecule has 2 heterocycles. The molecule has 4 aromatic rings. The third-order valence-corrected chi connectivity index (χ3v) is 6.38. The molecule has 0 radical (unpaired) electrons. The van der Waals surface area contributed by atoms with Crippen LogP contribution in [0.2, 0.25) is 0 Å². The Labute approximate surface area is 197 Å². The van der Waals surface area contributed by atoms with Crippen molar-refractivity contribution in [2.24, 2.45) is 0 Å². The first-order valence-electron chi connectivity index (χ1n) is 11.1. The second kappa shape index (κ2) is 10.1. The van der Waals surface area contributed by atoms with E-state index in [0.717, 1.165) is 40.8 Å². The minimum atomic E-state index is -0.126. The molecule has 0 aliphatic carbocycles. The molecule has 0 spiro atoms. The molecule has 33 heavy (non-hydrogen) atoms. The molecule has 0 fully saturated rings. The van der Waals surface area contributed by atoms with Crippen molar-refractivity contribution >= 4 is 34.4 Å². The van der Waals surface area contributed by atoms with Gasteiger partial charge in [0.05, 0.1) is 5.75 Å². The van der Waals surface area contributed by atoms with Crippen molar-refractivity contribution in [1.29, 1.82) is 0 Å². The van der Waals surface area contributed by atoms with E-state index in [1.165, 1.54) is 11.8 Å². The van der Waals surface area contributed by atoms with Gasteiger partial charge in [0.1, 0.15) is 11.0 Å². The second-order valence-electron chi connectivity index (χ2n) is 8.21. The van der Waals surface area contributed by atoms with Crippen LogP contribution in [-0.4, -0.2) is 26.2 Å². The highest BCUT2D eigenvalue weighted by Crippen LogP contribution is 2.28. The number of aromatic amines is 1. The summed E-state index contributed by atoms with van der Waals surface area (Å²) in [6, 6.07) is 15.8. The van der Waals surface area contributed by atoms with Gasteiger partial charge in [-0.15, -0.1) is 0 Å². The molecule has 2 aromatic carbocycles. The van der Waals surface area contributed by atoms with Gasteiger partial charge in [0, 0.05) is 24.0 Å². The summed E-state index contributed by atoms with van der Waals surface area (Å²) in [5.41, 5.74) is 5.87. The monoisotopic (exact) mass is 460 g/mol. The van der Waals surface area contributed by atoms with Crippen LogP contribution < -0.4 is 10.9 Å². The van der Waals surface area contributed by atoms with Crippen molar-refractivity contribution in [1.82, 2.24) is 14.5 Å². The molecule has 2 aromatic heterocycles. The lowest BCUT2D eigenvalue weighted by Gasteiger charge is -2.12. The highest BCUT2D eigenvalue weighted by Gasteiger charge is 2.17. The molecule has 4 rings (SSSR count). The smallest absolute Gasteiger partial charge is 0.278 e. The number of thioether (sulfide) groups is 1. The summed E-state index contributed by atoms with van der Waals surface area (Å²) in [5.74, 6) is 0.0426. The number of aryl methyl sites for hydroxylation is 2. The number of unbranched alkanes of at least 4 members (excludes halogenated alkanes) is 1. The lowest BCUT2D eigenvalue weighted by atomic mass is 10.1. The van der Waals surface area contributed by atoms with Crippen LogP contribution in [0.15, 0.2) is 64.7 Å². The zero-order valence-corrected chi connectivity index (χ0v) is 20.0. The van der Waals surface area contributed by atoms with Crippen molar-refractivity contribution in [3.8, 4) is 11.1 Å². The number of benzene rings is 2. The lowest BCUT2D eigenvalue weighted by molar-refractivity contribution is -0.113. The normalized spacial score (nSPS) is 11.1. The number of aromatic nitrogens is 3. The Kier molecular flexibility index (Phi) is 6.99. The van der Waals surface area contributed by atoms with Crippen LogP contribution in [0.4, 0.5) is 5.69 Å². The van der Waals surface area contributed by atoms with Crippen LogP contribution in [0.5, 0.6) is 0 Å². The predicted molar refractivity (Wildman–Crippen MR) is 136 cm³/mol. The molecule has 6 nitrogen and oxygen atoms in total. The number of rotatable bonds is 8. The molecule has 0 saturated heterocycles. The summed E-state index contributed by atoms with van der Waals surface area (Å²) in [4.78, 5) is 33.9. The van der Waals surface area contributed by atoms with Crippen LogP contribution in [0, 0.1) is 13.8 Å². The van der Waals surface area contributed by atoms with E-state index in [1.54, 1.807) is 4.57 Å². The van der Waals surface area contributed by atoms with Crippen LogP contribution in [0.1, 0.15) is 30.9 Å². The summed E-state index contributed by atoms with van der Waals surface area (Å²) in [5, 5.41) is 3.52. The fourth-order valence-corrected chi connectivity index (χ4v) is 4.73. The van der Waals surface area contributed by atoms with Crippen LogP contribution in [-0.2, 0) is 11.3 Å². The van der Waals surface area contributed by atoms with Gasteiger partial charge >= 0.3 is 0 Å². The third kappa shape index (κ3) is 5.20. The number of carbonyl (C=O) groups excluding carboxylic acids is 1. The molecule has 0 aliphatic heterocycles. The molecule has 7 heteroatoms. The Morgan fingerprint density at radius 1 is 1.12 bits per heavy atom. The number of hydrogen-bond donors (Lipinski definition) is 2. The Morgan fingerprint density at radius 2 is 1.85 bits per heavy atom. The van der Waals surface area contributed by atoms with Crippen LogP contribution in [0.25, 0.3) is 22.2 Å². The standard InChI is InChI=1S/C26H28N4O2S/c1-4-5-11-30-25(32)24-23(21(15-27-24)19-9-7-6-8-10-19)29-26(30)33-16-22(31)28-20-13-17(2)12-18(3)14-20/h6-10,12-15,27H,4-5,11,16H2,1-3H3,(H,28,31). The Morgan fingerprint density at radius 3 is 2.55 bits per heavy atom. The zero-order valence-electron chi connectivity index (χ0n) is 19.1. The van der Waals surface area contributed by atoms with Gasteiger partial charge in [-0.25, -0.2) is 4.98 Å². The van der Waals surface area contributed by atoms with Gasteiger partial charge in [-0.05, 0) is 49.1 Å². The molecule has 0 atom stereocenters. The molecular weight excluding hydrogens is 432 g/mol. The summed E-state index contributed by atoms with van der Waals surface area (Å²) in [6.07, 6.45) is 3.66. The molecule has 2 N–H and O–H groups in total. The average Bonchev–Trinajstić information content (AvgIpc) is 3.21. The Balaban J connectivity index is 1.64. The minimum Gasteiger partial charge on any atom is -0.355 e. The Hall–Kier alpha value is -3.32. The molecule has 0 bridgehead atoms. The SMILES string of the molecule is CCCCn1c(SCC(=O)Nc2cc(C)cc(C)c2)nc2c(-c3ccccc3)c[nH]c2c1=O. The van der Waals surface area contributed by atoms with Gasteiger partial charge in [-0.2, -0.15) is 0 Å². The number of fused-ring (bicyclic) bond motifs is 1. The maximum atomic E-state index is 13.3. The first-order chi connectivity index (χ1) is 16.0. The number of anilines is 1. The van der Waals surface area contributed by atoms with E-state index in [0.29, 0.717) is 22.7 Å². The van der Waals surface area contributed by atoms with Gasteiger partial charge in [0.2, 0.25) is 5.91 Å². The van der Waals surface area contributed by atoms with Crippen molar-refractivity contribution in [2.75, 3.05) is 11.1 Å². The molecule has 1 amide bonds. The van der Waals surface area contributed by atoms with Gasteiger partial charge in [-0.1, -0.05) is 61.5 Å². The van der Waals surface area contributed by atoms with E-state index in [1.807, 2.05) is 62.5 Å². The largest absolute Gasteiger partial charge is 0.355 e. The van der Waals surface area contributed by atoms with Crippen molar-refractivity contribution < 1.29 is 4.79 Å². The summed E-state index contributed by atoms with van der Waals surface area (Å²) in [6.45, 7) is 6.66. The zero-order chi connectivity index (χ0) is 23.4. The van der Waals surface area contributed by atoms with Gasteiger partial charge in [0.25, 0.3) is 5.56 Å². The second-order valence-corrected chi connectivity index (χ2v) is 9.15. The molecule has 0 saturated carbocycles. The van der Waals surface area contributed by atoms with E-state index >= 15 is 0 Å². The lowest BCUT2D eigenvalue weighted by Crippen LogP contribution is -2.24. The van der Waals surface area contributed by atoms with Crippen molar-refractivity contribution in [3.63, 3.8) is 0 Å². The Bertz CT molecular complexity index is 1320. The third-order valence-electron chi connectivity index (χ3n) is 5.41. The summed E-state index contributed by atoms with van der Waals surface area (Å²) < 4.78 is 1.69. The number of hydrogen-bond acceptors (Lipinski definition) is 4. The van der Waals surface area contributed by atoms with Crippen molar-refractivity contribution in [3.05, 3.63) is 76.2 Å². The highest BCUT2D eigenvalue weighted by molar-refractivity contribution is 7.99. The number of amides is 1. The van der Waals surface area contributed by atoms with Gasteiger partial charge < -0.3 is 10.3 Å². The number of H-pyrrole nitrogens is 1. The number of nitrogens with zero attached hydrogens (tertiary/aromatic N) is 2. The molecule has 170 valence electrons. The van der Waals surface area contributed by atoms with E-state index in [4.69, 9.17) is 4.98 Å². The quantitative estimate of drug-likeness (QED) is 0.267. The van der Waals surface area contributed by atoms with Crippen LogP contribution in [0.3, 0.4) is 0 Å². The summed E-state index contributed by atoms with van der Waals surface area (Å²) in [7, 11) is 0. The minimum absolute atomic E-state index is 0.104. The topological polar surface area (TPSA) is 79.8 Å². The fraction of sp³-hybridized carbons (Fsp3) is 0.269.